The van der Waals surface area contributed by atoms with Gasteiger partial charge in [0.15, 0.2) is 5.78 Å². The number of nitrogens with zero attached hydrogens (tertiary/aromatic N) is 1. The first-order chi connectivity index (χ1) is 14.1. The van der Waals surface area contributed by atoms with Crippen LogP contribution in [0.4, 0.5) is 0 Å². The van der Waals surface area contributed by atoms with Crippen LogP contribution in [0.25, 0.3) is 0 Å². The van der Waals surface area contributed by atoms with Crippen molar-refractivity contribution in [2.45, 2.75) is 77.1 Å². The minimum Gasteiger partial charge on any atom is -0.384 e. The average Bonchev–Trinajstić information content (AvgIpc) is 3.57. The minimum atomic E-state index is -0.919. The fourth-order valence-corrected chi connectivity index (χ4v) is 4.12. The molecule has 1 unspecified atom stereocenters. The molecule has 1 saturated carbocycles. The van der Waals surface area contributed by atoms with E-state index >= 15 is 0 Å². The van der Waals surface area contributed by atoms with Crippen LogP contribution in [0.5, 0.6) is 0 Å². The standard InChI is InChI=1S/C26H35NO2/c1-3-4-15-24(26(29)25(28)18-21-16-17-21)27(19-22-11-7-5-8-12-22)20(2)23-13-9-6-10-14-23/h5-14,20-21,24,26,29H,3-4,15-19H2,1-2H3/t20?,24-,26-/m0/s1. The third-order valence-corrected chi connectivity index (χ3v) is 6.15. The van der Waals surface area contributed by atoms with Gasteiger partial charge in [-0.25, -0.2) is 0 Å². The van der Waals surface area contributed by atoms with E-state index in [2.05, 4.69) is 67.3 Å². The summed E-state index contributed by atoms with van der Waals surface area (Å²) < 4.78 is 0. The first kappa shape index (κ1) is 21.7. The van der Waals surface area contributed by atoms with E-state index in [1.165, 1.54) is 11.1 Å². The summed E-state index contributed by atoms with van der Waals surface area (Å²) in [6, 6.07) is 20.7. The maximum absolute atomic E-state index is 12.8. The first-order valence-electron chi connectivity index (χ1n) is 11.2. The lowest BCUT2D eigenvalue weighted by atomic mass is 9.93. The smallest absolute Gasteiger partial charge is 0.163 e. The largest absolute Gasteiger partial charge is 0.384 e. The van der Waals surface area contributed by atoms with Crippen LogP contribution in [0.15, 0.2) is 60.7 Å². The van der Waals surface area contributed by atoms with Crippen LogP contribution >= 0.6 is 0 Å². The number of unbranched alkanes of at least 4 members (excludes halogenated alkanes) is 1. The van der Waals surface area contributed by atoms with Crippen LogP contribution in [-0.2, 0) is 11.3 Å². The molecule has 1 fully saturated rings. The molecule has 156 valence electrons. The molecule has 0 saturated heterocycles. The summed E-state index contributed by atoms with van der Waals surface area (Å²) in [4.78, 5) is 15.2. The Morgan fingerprint density at radius 2 is 1.69 bits per heavy atom. The molecule has 3 nitrogen and oxygen atoms in total. The summed E-state index contributed by atoms with van der Waals surface area (Å²) in [5.74, 6) is 0.519. The molecule has 0 radical (unpaired) electrons. The van der Waals surface area contributed by atoms with Crippen molar-refractivity contribution in [1.82, 2.24) is 4.90 Å². The van der Waals surface area contributed by atoms with Gasteiger partial charge >= 0.3 is 0 Å². The molecular formula is C26H35NO2. The minimum absolute atomic E-state index is 0.0203. The number of hydrogen-bond donors (Lipinski definition) is 1. The summed E-state index contributed by atoms with van der Waals surface area (Å²) in [5, 5.41) is 11.1. The Hall–Kier alpha value is -1.97. The quantitative estimate of drug-likeness (QED) is 0.515. The highest BCUT2D eigenvalue weighted by molar-refractivity contribution is 5.84. The van der Waals surface area contributed by atoms with Gasteiger partial charge < -0.3 is 5.11 Å². The Kier molecular flexibility index (Phi) is 8.02. The number of aliphatic hydroxyl groups excluding tert-OH is 1. The van der Waals surface area contributed by atoms with Gasteiger partial charge in [0, 0.05) is 25.0 Å². The number of rotatable bonds is 12. The zero-order valence-electron chi connectivity index (χ0n) is 17.8. The number of ketones is 1. The van der Waals surface area contributed by atoms with Crippen molar-refractivity contribution in [3.05, 3.63) is 71.8 Å². The Morgan fingerprint density at radius 3 is 2.28 bits per heavy atom. The molecule has 0 aromatic heterocycles. The molecular weight excluding hydrogens is 358 g/mol. The van der Waals surface area contributed by atoms with E-state index in [1.54, 1.807) is 0 Å². The second kappa shape index (κ2) is 10.7. The lowest BCUT2D eigenvalue weighted by molar-refractivity contribution is -0.132. The Balaban J connectivity index is 1.88. The number of carbonyl (C=O) groups is 1. The van der Waals surface area contributed by atoms with Gasteiger partial charge in [-0.3, -0.25) is 9.69 Å². The van der Waals surface area contributed by atoms with E-state index in [1.807, 2.05) is 12.1 Å². The molecule has 29 heavy (non-hydrogen) atoms. The molecule has 3 heteroatoms. The molecule has 1 N–H and O–H groups in total. The highest BCUT2D eigenvalue weighted by Crippen LogP contribution is 2.34. The molecule has 0 bridgehead atoms. The van der Waals surface area contributed by atoms with E-state index in [0.29, 0.717) is 12.3 Å². The van der Waals surface area contributed by atoms with E-state index in [4.69, 9.17) is 0 Å². The highest BCUT2D eigenvalue weighted by atomic mass is 16.3. The third-order valence-electron chi connectivity index (χ3n) is 6.15. The predicted molar refractivity (Wildman–Crippen MR) is 119 cm³/mol. The van der Waals surface area contributed by atoms with Crippen molar-refractivity contribution in [2.24, 2.45) is 5.92 Å². The predicted octanol–water partition coefficient (Wildman–Crippen LogP) is 5.54. The highest BCUT2D eigenvalue weighted by Gasteiger charge is 2.36. The van der Waals surface area contributed by atoms with Crippen LogP contribution in [0.2, 0.25) is 0 Å². The van der Waals surface area contributed by atoms with E-state index in [0.717, 1.165) is 38.6 Å². The second-order valence-corrected chi connectivity index (χ2v) is 8.51. The molecule has 1 aliphatic rings. The molecule has 2 aromatic rings. The van der Waals surface area contributed by atoms with Crippen LogP contribution in [0, 0.1) is 5.92 Å². The van der Waals surface area contributed by atoms with Crippen LogP contribution < -0.4 is 0 Å². The third kappa shape index (κ3) is 6.25. The molecule has 1 aliphatic carbocycles. The Morgan fingerprint density at radius 1 is 1.07 bits per heavy atom. The van der Waals surface area contributed by atoms with Crippen molar-refractivity contribution < 1.29 is 9.90 Å². The van der Waals surface area contributed by atoms with Gasteiger partial charge in [0.2, 0.25) is 0 Å². The van der Waals surface area contributed by atoms with Gasteiger partial charge in [0.25, 0.3) is 0 Å². The van der Waals surface area contributed by atoms with Gasteiger partial charge in [0.05, 0.1) is 0 Å². The number of benzene rings is 2. The number of aliphatic hydroxyl groups is 1. The van der Waals surface area contributed by atoms with Gasteiger partial charge in [-0.15, -0.1) is 0 Å². The fraction of sp³-hybridized carbons (Fsp3) is 0.500. The lowest BCUT2D eigenvalue weighted by Gasteiger charge is -2.39. The number of Topliss-reactive ketones (excluding diaryl/α,β-unsaturated/α-hetero) is 1. The molecule has 2 aromatic carbocycles. The average molecular weight is 394 g/mol. The summed E-state index contributed by atoms with van der Waals surface area (Å²) in [5.41, 5.74) is 2.42. The molecule has 0 amide bonds. The van der Waals surface area contributed by atoms with E-state index in [9.17, 15) is 9.90 Å². The van der Waals surface area contributed by atoms with Crippen molar-refractivity contribution in [2.75, 3.05) is 0 Å². The Bertz CT molecular complexity index is 742. The monoisotopic (exact) mass is 393 g/mol. The van der Waals surface area contributed by atoms with E-state index < -0.39 is 6.10 Å². The van der Waals surface area contributed by atoms with Gasteiger partial charge in [-0.2, -0.15) is 0 Å². The molecule has 3 atom stereocenters. The molecule has 0 spiro atoms. The summed E-state index contributed by atoms with van der Waals surface area (Å²) in [6.45, 7) is 5.08. The molecule has 0 heterocycles. The lowest BCUT2D eigenvalue weighted by Crippen LogP contribution is -2.48. The van der Waals surface area contributed by atoms with Gasteiger partial charge in [-0.05, 0) is 43.2 Å². The Labute approximate surface area is 175 Å². The summed E-state index contributed by atoms with van der Waals surface area (Å²) in [6.07, 6.45) is 4.76. The van der Waals surface area contributed by atoms with Crippen molar-refractivity contribution >= 4 is 5.78 Å². The van der Waals surface area contributed by atoms with Gasteiger partial charge in [-0.1, -0.05) is 80.4 Å². The molecule has 0 aliphatic heterocycles. The zero-order valence-corrected chi connectivity index (χ0v) is 17.8. The van der Waals surface area contributed by atoms with Crippen molar-refractivity contribution in [1.29, 1.82) is 0 Å². The van der Waals surface area contributed by atoms with Gasteiger partial charge in [0.1, 0.15) is 6.10 Å². The summed E-state index contributed by atoms with van der Waals surface area (Å²) in [7, 11) is 0. The van der Waals surface area contributed by atoms with E-state index in [-0.39, 0.29) is 17.9 Å². The second-order valence-electron chi connectivity index (χ2n) is 8.51. The van der Waals surface area contributed by atoms with Crippen LogP contribution in [0.3, 0.4) is 0 Å². The number of carbonyl (C=O) groups excluding carboxylic acids is 1. The van der Waals surface area contributed by atoms with Crippen LogP contribution in [-0.4, -0.2) is 27.9 Å². The maximum atomic E-state index is 12.8. The van der Waals surface area contributed by atoms with Crippen molar-refractivity contribution in [3.8, 4) is 0 Å². The normalized spacial score (nSPS) is 17.1. The topological polar surface area (TPSA) is 40.5 Å². The molecule has 3 rings (SSSR count). The van der Waals surface area contributed by atoms with Crippen LogP contribution in [0.1, 0.15) is 69.5 Å². The SMILES string of the molecule is CCCC[C@@H]([C@H](O)C(=O)CC1CC1)N(Cc1ccccc1)C(C)c1ccccc1. The summed E-state index contributed by atoms with van der Waals surface area (Å²) >= 11 is 0. The van der Waals surface area contributed by atoms with Crippen molar-refractivity contribution in [3.63, 3.8) is 0 Å². The first-order valence-corrected chi connectivity index (χ1v) is 11.2. The fourth-order valence-electron chi connectivity index (χ4n) is 4.12. The zero-order chi connectivity index (χ0) is 20.6. The number of hydrogen-bond acceptors (Lipinski definition) is 3. The maximum Gasteiger partial charge on any atom is 0.163 e.